The number of piperidine rings is 1. The van der Waals surface area contributed by atoms with Crippen LogP contribution in [0.2, 0.25) is 0 Å². The zero-order valence-corrected chi connectivity index (χ0v) is 17.0. The molecule has 1 atom stereocenters. The molecule has 7 nitrogen and oxygen atoms in total. The van der Waals surface area contributed by atoms with Crippen molar-refractivity contribution in [3.05, 3.63) is 22.1 Å². The maximum Gasteiger partial charge on any atom is 0.309 e. The molecule has 0 N–H and O–H groups in total. The molecule has 148 valence electrons. The van der Waals surface area contributed by atoms with Gasteiger partial charge in [0.05, 0.1) is 24.3 Å². The molecule has 1 saturated heterocycles. The van der Waals surface area contributed by atoms with E-state index in [2.05, 4.69) is 4.98 Å². The van der Waals surface area contributed by atoms with Crippen molar-refractivity contribution >= 4 is 23.6 Å². The predicted octanol–water partition coefficient (Wildman–Crippen LogP) is 2.21. The third-order valence-electron chi connectivity index (χ3n) is 5.18. The van der Waals surface area contributed by atoms with Crippen LogP contribution in [-0.4, -0.2) is 51.8 Å². The molecular weight excluding hydrogens is 366 g/mol. The van der Waals surface area contributed by atoms with Crippen molar-refractivity contribution in [1.29, 1.82) is 0 Å². The highest BCUT2D eigenvalue weighted by atomic mass is 32.2. The molecule has 0 spiro atoms. The Kier molecular flexibility index (Phi) is 6.24. The molecule has 0 aliphatic carbocycles. The topological polar surface area (TPSA) is 81.5 Å². The summed E-state index contributed by atoms with van der Waals surface area (Å²) in [6.45, 7) is 7.34. The Bertz CT molecular complexity index is 769. The van der Waals surface area contributed by atoms with E-state index in [1.54, 1.807) is 34.2 Å². The third-order valence-corrected chi connectivity index (χ3v) is 6.28. The highest BCUT2D eigenvalue weighted by molar-refractivity contribution is 7.99. The molecule has 0 saturated carbocycles. The van der Waals surface area contributed by atoms with E-state index in [0.29, 0.717) is 49.9 Å². The standard InChI is InChI=1S/C19H27N3O4S/c1-4-26-18(25)13-5-7-21(8-6-13)16(23)9-14-11-27-19-20-15(12(2)3)10-17(24)22(14)19/h10,12-14H,4-9,11H2,1-3H3/t14-/m1/s1. The highest BCUT2D eigenvalue weighted by Gasteiger charge is 2.32. The van der Waals surface area contributed by atoms with Gasteiger partial charge in [-0.05, 0) is 25.7 Å². The molecule has 1 amide bonds. The first-order valence-electron chi connectivity index (χ1n) is 9.61. The highest BCUT2D eigenvalue weighted by Crippen LogP contribution is 2.33. The molecular formula is C19H27N3O4S. The van der Waals surface area contributed by atoms with Gasteiger partial charge in [0, 0.05) is 31.3 Å². The van der Waals surface area contributed by atoms with E-state index in [1.165, 1.54) is 0 Å². The van der Waals surface area contributed by atoms with Crippen molar-refractivity contribution < 1.29 is 14.3 Å². The van der Waals surface area contributed by atoms with Crippen LogP contribution in [0.15, 0.2) is 16.0 Å². The Morgan fingerprint density at radius 2 is 2.04 bits per heavy atom. The number of carbonyl (C=O) groups is 2. The van der Waals surface area contributed by atoms with Crippen LogP contribution in [0.5, 0.6) is 0 Å². The monoisotopic (exact) mass is 393 g/mol. The quantitative estimate of drug-likeness (QED) is 0.563. The van der Waals surface area contributed by atoms with Gasteiger partial charge in [0.1, 0.15) is 0 Å². The number of carbonyl (C=O) groups excluding carboxylic acids is 2. The van der Waals surface area contributed by atoms with Crippen LogP contribution in [0.1, 0.15) is 57.7 Å². The summed E-state index contributed by atoms with van der Waals surface area (Å²) in [6, 6.07) is 1.43. The summed E-state index contributed by atoms with van der Waals surface area (Å²) >= 11 is 1.54. The number of ether oxygens (including phenoxy) is 1. The molecule has 1 aromatic heterocycles. The van der Waals surface area contributed by atoms with E-state index in [9.17, 15) is 14.4 Å². The number of nitrogens with zero attached hydrogens (tertiary/aromatic N) is 3. The Hall–Kier alpha value is -1.83. The van der Waals surface area contributed by atoms with E-state index in [-0.39, 0.29) is 35.3 Å². The smallest absolute Gasteiger partial charge is 0.309 e. The SMILES string of the molecule is CCOC(=O)C1CCN(C(=O)C[C@@H]2CSc3nc(C(C)C)cc(=O)n32)CC1. The van der Waals surface area contributed by atoms with Crippen molar-refractivity contribution in [2.45, 2.75) is 57.1 Å². The van der Waals surface area contributed by atoms with Crippen LogP contribution in [0, 0.1) is 5.92 Å². The summed E-state index contributed by atoms with van der Waals surface area (Å²) < 4.78 is 6.74. The van der Waals surface area contributed by atoms with Gasteiger partial charge in [-0.3, -0.25) is 19.0 Å². The Morgan fingerprint density at radius 1 is 1.33 bits per heavy atom. The van der Waals surface area contributed by atoms with Gasteiger partial charge >= 0.3 is 5.97 Å². The number of amides is 1. The molecule has 0 unspecified atom stereocenters. The summed E-state index contributed by atoms with van der Waals surface area (Å²) in [7, 11) is 0. The molecule has 3 heterocycles. The van der Waals surface area contributed by atoms with Gasteiger partial charge in [0.25, 0.3) is 5.56 Å². The molecule has 0 aromatic carbocycles. The minimum Gasteiger partial charge on any atom is -0.466 e. The second-order valence-corrected chi connectivity index (χ2v) is 8.39. The molecule has 2 aliphatic heterocycles. The number of thioether (sulfide) groups is 1. The summed E-state index contributed by atoms with van der Waals surface area (Å²) in [6.07, 6.45) is 1.58. The number of fused-ring (bicyclic) bond motifs is 1. The number of hydrogen-bond donors (Lipinski definition) is 0. The maximum absolute atomic E-state index is 12.7. The van der Waals surface area contributed by atoms with E-state index in [1.807, 2.05) is 13.8 Å². The fraction of sp³-hybridized carbons (Fsp3) is 0.684. The molecule has 1 fully saturated rings. The normalized spacial score (nSPS) is 20.0. The lowest BCUT2D eigenvalue weighted by Gasteiger charge is -2.31. The number of rotatable bonds is 5. The molecule has 1 aromatic rings. The van der Waals surface area contributed by atoms with Crippen LogP contribution in [0.3, 0.4) is 0 Å². The van der Waals surface area contributed by atoms with Gasteiger partial charge in [-0.1, -0.05) is 25.6 Å². The van der Waals surface area contributed by atoms with Crippen LogP contribution >= 0.6 is 11.8 Å². The molecule has 0 bridgehead atoms. The van der Waals surface area contributed by atoms with Gasteiger partial charge in [-0.15, -0.1) is 0 Å². The Balaban J connectivity index is 1.61. The van der Waals surface area contributed by atoms with Crippen molar-refractivity contribution in [3.8, 4) is 0 Å². The fourth-order valence-electron chi connectivity index (χ4n) is 3.57. The first-order valence-corrected chi connectivity index (χ1v) is 10.6. The maximum atomic E-state index is 12.7. The van der Waals surface area contributed by atoms with E-state index < -0.39 is 0 Å². The van der Waals surface area contributed by atoms with E-state index in [0.717, 1.165) is 5.69 Å². The van der Waals surface area contributed by atoms with Gasteiger partial charge in [0.2, 0.25) is 5.91 Å². The second-order valence-electron chi connectivity index (χ2n) is 7.40. The van der Waals surface area contributed by atoms with Gasteiger partial charge < -0.3 is 9.64 Å². The molecule has 0 radical (unpaired) electrons. The van der Waals surface area contributed by atoms with Crippen LogP contribution in [0.25, 0.3) is 0 Å². The van der Waals surface area contributed by atoms with Crippen molar-refractivity contribution in [3.63, 3.8) is 0 Å². The second kappa shape index (κ2) is 8.46. The first kappa shape index (κ1) is 19.9. The minimum atomic E-state index is -0.163. The molecule has 2 aliphatic rings. The van der Waals surface area contributed by atoms with Crippen molar-refractivity contribution in [2.24, 2.45) is 5.92 Å². The lowest BCUT2D eigenvalue weighted by molar-refractivity contribution is -0.151. The van der Waals surface area contributed by atoms with Gasteiger partial charge in [0.15, 0.2) is 5.16 Å². The fourth-order valence-corrected chi connectivity index (χ4v) is 4.73. The van der Waals surface area contributed by atoms with Crippen LogP contribution in [0.4, 0.5) is 0 Å². The number of likely N-dealkylation sites (tertiary alicyclic amines) is 1. The Labute approximate surface area is 163 Å². The third kappa shape index (κ3) is 4.36. The van der Waals surface area contributed by atoms with Gasteiger partial charge in [-0.2, -0.15) is 0 Å². The van der Waals surface area contributed by atoms with Crippen LogP contribution in [-0.2, 0) is 14.3 Å². The summed E-state index contributed by atoms with van der Waals surface area (Å²) in [5.74, 6) is 0.651. The van der Waals surface area contributed by atoms with E-state index in [4.69, 9.17) is 4.74 Å². The largest absolute Gasteiger partial charge is 0.466 e. The summed E-state index contributed by atoms with van der Waals surface area (Å²) in [5, 5.41) is 0.713. The molecule has 8 heteroatoms. The predicted molar refractivity (Wildman–Crippen MR) is 103 cm³/mol. The Morgan fingerprint density at radius 3 is 2.67 bits per heavy atom. The van der Waals surface area contributed by atoms with Crippen molar-refractivity contribution in [2.75, 3.05) is 25.4 Å². The first-order chi connectivity index (χ1) is 12.9. The van der Waals surface area contributed by atoms with Crippen LogP contribution < -0.4 is 5.56 Å². The molecule has 3 rings (SSSR count). The zero-order chi connectivity index (χ0) is 19.6. The number of aromatic nitrogens is 2. The van der Waals surface area contributed by atoms with Gasteiger partial charge in [-0.25, -0.2) is 4.98 Å². The van der Waals surface area contributed by atoms with Crippen molar-refractivity contribution in [1.82, 2.24) is 14.5 Å². The summed E-state index contributed by atoms with van der Waals surface area (Å²) in [4.78, 5) is 43.4. The average molecular weight is 394 g/mol. The molecule has 27 heavy (non-hydrogen) atoms. The zero-order valence-electron chi connectivity index (χ0n) is 16.1. The average Bonchev–Trinajstić information content (AvgIpc) is 3.05. The van der Waals surface area contributed by atoms with E-state index >= 15 is 0 Å². The number of hydrogen-bond acceptors (Lipinski definition) is 6. The number of esters is 1. The lowest BCUT2D eigenvalue weighted by atomic mass is 9.96. The lowest BCUT2D eigenvalue weighted by Crippen LogP contribution is -2.41. The minimum absolute atomic E-state index is 0.0376. The summed E-state index contributed by atoms with van der Waals surface area (Å²) in [5.41, 5.74) is 0.722.